The summed E-state index contributed by atoms with van der Waals surface area (Å²) in [5.74, 6) is 2.12. The van der Waals surface area contributed by atoms with Crippen molar-refractivity contribution in [1.29, 1.82) is 0 Å². The molecule has 470 valence electrons. The minimum atomic E-state index is -0.0642. The van der Waals surface area contributed by atoms with Crippen molar-refractivity contribution in [2.24, 2.45) is 0 Å². The minimum absolute atomic E-state index is 0.0642. The Morgan fingerprint density at radius 3 is 1.30 bits per heavy atom. The highest BCUT2D eigenvalue weighted by Crippen LogP contribution is 2.49. The zero-order valence-electron chi connectivity index (χ0n) is 54.6. The van der Waals surface area contributed by atoms with Gasteiger partial charge in [0.2, 0.25) is 0 Å². The smallest absolute Gasteiger partial charge is 0.252 e. The molecule has 20 rings (SSSR count). The van der Waals surface area contributed by atoms with Crippen LogP contribution in [-0.4, -0.2) is 40.8 Å². The molecule has 14 aromatic carbocycles. The molecule has 0 fully saturated rings. The maximum Gasteiger partial charge on any atom is 0.252 e. The second kappa shape index (κ2) is 23.6. The second-order valence-corrected chi connectivity index (χ2v) is 25.9. The van der Waals surface area contributed by atoms with E-state index in [1.807, 2.05) is 30.3 Å². The molecule has 0 amide bonds. The van der Waals surface area contributed by atoms with Gasteiger partial charge in [-0.1, -0.05) is 243 Å². The van der Waals surface area contributed by atoms with E-state index in [2.05, 4.69) is 340 Å². The van der Waals surface area contributed by atoms with Crippen molar-refractivity contribution in [3.63, 3.8) is 0 Å². The number of nitrogens with zero attached hydrogens (tertiary/aromatic N) is 9. The largest absolute Gasteiger partial charge is 0.311 e. The molecule has 0 atom stereocenters. The summed E-state index contributed by atoms with van der Waals surface area (Å²) in [6.45, 7) is -0.0642. The Balaban J connectivity index is 0.838. The molecule has 2 aliphatic heterocycles. The van der Waals surface area contributed by atoms with E-state index in [0.29, 0.717) is 23.3 Å². The number of hydrogen-bond donors (Lipinski definition) is 0. The van der Waals surface area contributed by atoms with Crippen LogP contribution in [0.5, 0.6) is 0 Å². The van der Waals surface area contributed by atoms with Crippen LogP contribution in [0, 0.1) is 0 Å². The number of para-hydroxylation sites is 7. The highest BCUT2D eigenvalue weighted by atomic mass is 15.2. The van der Waals surface area contributed by atoms with Crippen molar-refractivity contribution >= 4 is 101 Å². The summed E-state index contributed by atoms with van der Waals surface area (Å²) in [4.78, 5) is 32.7. The van der Waals surface area contributed by atoms with Crippen molar-refractivity contribution in [3.05, 3.63) is 352 Å². The van der Waals surface area contributed by atoms with E-state index in [1.165, 1.54) is 32.8 Å². The molecule has 0 saturated heterocycles. The third-order valence-electron chi connectivity index (χ3n) is 20.1. The first-order chi connectivity index (χ1) is 50.1. The quantitative estimate of drug-likeness (QED) is 0.119. The SMILES string of the molecule is c1ccc(-c2cc(-c3ccccc3)nc(-c3ccc(-n4c5ccccc5c5cc6c7ccccc7n(-c7ccccc7)c6cc54)c(-c4nc(-c5ccccc5)nc(-c5cccc(-c6ccc7c8c6N(c6ccccc6)c6ccccc6B8c6ccccc6N7c6ccccc6)c5)n4)c3)n2)cc1. The standard InChI is InChI=1S/C91H58BN9/c1-7-28-59(29-8-1)76-57-77(60-30-9-2-10-31-60)94-89(93-76)64-50-52-80(101-79-47-24-20-43-70(79)72-56-71-69-42-19-23-46-78(69)98(84(71)58-85(72)101)65-36-13-4-14-37-65)73(55-64)91-96-88(61-32-11-3-12-33-61)95-90(97-91)63-35-27-34-62(54-63)68-51-53-83-86-87(68)100(67-40-17-6-18-41-67)82-49-26-22-45-75(82)92(86)74-44-21-25-48-81(74)99(83)66-38-15-5-16-39-66/h1-58H. The summed E-state index contributed by atoms with van der Waals surface area (Å²) in [6.07, 6.45) is 0. The van der Waals surface area contributed by atoms with Gasteiger partial charge in [0.15, 0.2) is 23.3 Å². The van der Waals surface area contributed by atoms with Crippen LogP contribution in [0.2, 0.25) is 0 Å². The topological polar surface area (TPSA) is 80.8 Å². The molecule has 0 radical (unpaired) electrons. The Labute approximate surface area is 583 Å². The summed E-state index contributed by atoms with van der Waals surface area (Å²) in [6, 6.07) is 125. The molecule has 9 nitrogen and oxygen atoms in total. The van der Waals surface area contributed by atoms with Gasteiger partial charge in [0.1, 0.15) is 0 Å². The van der Waals surface area contributed by atoms with Crippen LogP contribution in [-0.2, 0) is 0 Å². The average Bonchev–Trinajstić information content (AvgIpc) is 0.860. The summed E-state index contributed by atoms with van der Waals surface area (Å²) in [7, 11) is 0. The van der Waals surface area contributed by atoms with Gasteiger partial charge >= 0.3 is 0 Å². The van der Waals surface area contributed by atoms with Crippen LogP contribution in [0.1, 0.15) is 0 Å². The van der Waals surface area contributed by atoms with Gasteiger partial charge in [0, 0.05) is 94.6 Å². The lowest BCUT2D eigenvalue weighted by Gasteiger charge is -2.45. The van der Waals surface area contributed by atoms with Gasteiger partial charge in [0.25, 0.3) is 6.71 Å². The van der Waals surface area contributed by atoms with Gasteiger partial charge in [-0.15, -0.1) is 0 Å². The molecule has 18 aromatic rings. The Hall–Kier alpha value is -13.6. The number of fused-ring (bicyclic) bond motifs is 10. The molecule has 101 heavy (non-hydrogen) atoms. The fourth-order valence-corrected chi connectivity index (χ4v) is 15.7. The van der Waals surface area contributed by atoms with E-state index in [-0.39, 0.29) is 6.71 Å². The van der Waals surface area contributed by atoms with Gasteiger partial charge in [-0.25, -0.2) is 24.9 Å². The molecule has 2 aliphatic rings. The predicted molar refractivity (Wildman–Crippen MR) is 416 cm³/mol. The van der Waals surface area contributed by atoms with Crippen molar-refractivity contribution in [2.45, 2.75) is 0 Å². The number of benzene rings is 14. The highest BCUT2D eigenvalue weighted by molar-refractivity contribution is 7.00. The molecule has 0 saturated carbocycles. The molecule has 0 aliphatic carbocycles. The summed E-state index contributed by atoms with van der Waals surface area (Å²) in [5, 5.41) is 4.61. The monoisotopic (exact) mass is 1290 g/mol. The molecular formula is C91H58BN9. The Bertz CT molecular complexity index is 6210. The van der Waals surface area contributed by atoms with Crippen LogP contribution < -0.4 is 26.2 Å². The van der Waals surface area contributed by atoms with Crippen molar-refractivity contribution < 1.29 is 0 Å². The van der Waals surface area contributed by atoms with Crippen molar-refractivity contribution in [1.82, 2.24) is 34.1 Å². The lowest BCUT2D eigenvalue weighted by molar-refractivity contribution is 1.06. The lowest BCUT2D eigenvalue weighted by Crippen LogP contribution is -2.61. The predicted octanol–water partition coefficient (Wildman–Crippen LogP) is 20.6. The zero-order chi connectivity index (χ0) is 66.5. The fourth-order valence-electron chi connectivity index (χ4n) is 15.7. The fraction of sp³-hybridized carbons (Fsp3) is 0. The van der Waals surface area contributed by atoms with Crippen LogP contribution in [0.4, 0.5) is 34.1 Å². The van der Waals surface area contributed by atoms with Crippen LogP contribution in [0.25, 0.3) is 134 Å². The number of aromatic nitrogens is 7. The van der Waals surface area contributed by atoms with Gasteiger partial charge in [-0.05, 0) is 131 Å². The number of anilines is 6. The third-order valence-corrected chi connectivity index (χ3v) is 20.1. The van der Waals surface area contributed by atoms with Crippen molar-refractivity contribution in [3.8, 4) is 90.6 Å². The van der Waals surface area contributed by atoms with Gasteiger partial charge < -0.3 is 18.9 Å². The Morgan fingerprint density at radius 2 is 0.673 bits per heavy atom. The highest BCUT2D eigenvalue weighted by Gasteiger charge is 2.44. The van der Waals surface area contributed by atoms with E-state index in [4.69, 9.17) is 24.9 Å². The Morgan fingerprint density at radius 1 is 0.228 bits per heavy atom. The second-order valence-electron chi connectivity index (χ2n) is 25.9. The zero-order valence-corrected chi connectivity index (χ0v) is 54.6. The van der Waals surface area contributed by atoms with Crippen LogP contribution in [0.15, 0.2) is 352 Å². The first-order valence-electron chi connectivity index (χ1n) is 34.3. The molecule has 4 aromatic heterocycles. The van der Waals surface area contributed by atoms with Gasteiger partial charge in [-0.3, -0.25) is 0 Å². The van der Waals surface area contributed by atoms with E-state index in [1.54, 1.807) is 0 Å². The normalized spacial score (nSPS) is 12.3. The third kappa shape index (κ3) is 9.52. The summed E-state index contributed by atoms with van der Waals surface area (Å²) >= 11 is 0. The molecule has 10 heteroatoms. The summed E-state index contributed by atoms with van der Waals surface area (Å²) in [5.41, 5.74) is 25.7. The molecule has 0 spiro atoms. The van der Waals surface area contributed by atoms with E-state index in [9.17, 15) is 0 Å². The average molecular weight is 1290 g/mol. The number of hydrogen-bond acceptors (Lipinski definition) is 7. The van der Waals surface area contributed by atoms with E-state index < -0.39 is 0 Å². The molecule has 0 N–H and O–H groups in total. The van der Waals surface area contributed by atoms with Crippen LogP contribution >= 0.6 is 0 Å². The first kappa shape index (κ1) is 57.7. The summed E-state index contributed by atoms with van der Waals surface area (Å²) < 4.78 is 4.80. The lowest BCUT2D eigenvalue weighted by atomic mass is 9.33. The molecule has 6 heterocycles. The molecule has 0 bridgehead atoms. The minimum Gasteiger partial charge on any atom is -0.311 e. The Kier molecular flexibility index (Phi) is 13.5. The molecular weight excluding hydrogens is 1230 g/mol. The van der Waals surface area contributed by atoms with E-state index >= 15 is 0 Å². The van der Waals surface area contributed by atoms with Crippen molar-refractivity contribution in [2.75, 3.05) is 9.80 Å². The maximum absolute atomic E-state index is 5.76. The van der Waals surface area contributed by atoms with Gasteiger partial charge in [0.05, 0.1) is 44.8 Å². The first-order valence-corrected chi connectivity index (χ1v) is 34.3. The molecule has 0 unspecified atom stereocenters. The van der Waals surface area contributed by atoms with E-state index in [0.717, 1.165) is 129 Å². The van der Waals surface area contributed by atoms with Crippen LogP contribution in [0.3, 0.4) is 0 Å². The van der Waals surface area contributed by atoms with Gasteiger partial charge in [-0.2, -0.15) is 0 Å². The maximum atomic E-state index is 5.76. The number of rotatable bonds is 11.